The molecule has 140 valence electrons. The van der Waals surface area contributed by atoms with Crippen LogP contribution >= 0.6 is 11.8 Å². The van der Waals surface area contributed by atoms with Crippen molar-refractivity contribution >= 4 is 17.7 Å². The topological polar surface area (TPSA) is 59.4 Å². The molecule has 6 nitrogen and oxygen atoms in total. The number of carbonyl (C=O) groups is 1. The van der Waals surface area contributed by atoms with Crippen LogP contribution in [-0.2, 0) is 18.0 Å². The average molecular weight is 378 g/mol. The van der Waals surface area contributed by atoms with Gasteiger partial charge in [-0.1, -0.05) is 0 Å². The lowest BCUT2D eigenvalue weighted by atomic mass is 9.95. The summed E-state index contributed by atoms with van der Waals surface area (Å²) in [6, 6.07) is 0. The summed E-state index contributed by atoms with van der Waals surface area (Å²) in [6.45, 7) is 3.15. The Kier molecular flexibility index (Phi) is 5.31. The van der Waals surface area contributed by atoms with Crippen molar-refractivity contribution in [3.05, 3.63) is 17.5 Å². The number of aryl methyl sites for hydroxylation is 1. The summed E-state index contributed by atoms with van der Waals surface area (Å²) >= 11 is 1.80. The summed E-state index contributed by atoms with van der Waals surface area (Å²) in [7, 11) is 1.37. The minimum atomic E-state index is -4.65. The van der Waals surface area contributed by atoms with E-state index in [1.165, 1.54) is 7.05 Å². The Morgan fingerprint density at radius 1 is 1.44 bits per heavy atom. The number of hydrogen-bond donors (Lipinski definition) is 1. The van der Waals surface area contributed by atoms with E-state index in [2.05, 4.69) is 15.3 Å². The summed E-state index contributed by atoms with van der Waals surface area (Å²) in [5.74, 6) is 1.10. The van der Waals surface area contributed by atoms with Crippen molar-refractivity contribution in [3.63, 3.8) is 0 Å². The van der Waals surface area contributed by atoms with E-state index in [-0.39, 0.29) is 5.54 Å². The third kappa shape index (κ3) is 3.95. The Bertz CT molecular complexity index is 623. The first kappa shape index (κ1) is 18.5. The number of morpholine rings is 1. The number of halogens is 3. The molecular weight excluding hydrogens is 357 g/mol. The highest BCUT2D eigenvalue weighted by Gasteiger charge is 2.42. The monoisotopic (exact) mass is 378 g/mol. The molecule has 1 aromatic rings. The van der Waals surface area contributed by atoms with Crippen molar-refractivity contribution in [3.8, 4) is 0 Å². The number of carbonyl (C=O) groups excluding carboxylic acids is 1. The zero-order chi connectivity index (χ0) is 18.1. The fourth-order valence-electron chi connectivity index (χ4n) is 3.34. The molecule has 1 amide bonds. The van der Waals surface area contributed by atoms with Crippen LogP contribution in [0.3, 0.4) is 0 Å². The third-order valence-electron chi connectivity index (χ3n) is 4.68. The molecule has 1 aromatic heterocycles. The zero-order valence-electron chi connectivity index (χ0n) is 13.9. The Morgan fingerprint density at radius 2 is 2.16 bits per heavy atom. The van der Waals surface area contributed by atoms with Crippen LogP contribution in [-0.4, -0.2) is 70.5 Å². The summed E-state index contributed by atoms with van der Waals surface area (Å²) < 4.78 is 45.5. The van der Waals surface area contributed by atoms with Gasteiger partial charge in [-0.3, -0.25) is 14.4 Å². The van der Waals surface area contributed by atoms with Crippen molar-refractivity contribution in [2.45, 2.75) is 18.1 Å². The maximum Gasteiger partial charge on any atom is 0.435 e. The van der Waals surface area contributed by atoms with Crippen molar-refractivity contribution in [1.29, 1.82) is 0 Å². The number of alkyl halides is 3. The van der Waals surface area contributed by atoms with Gasteiger partial charge >= 0.3 is 6.18 Å². The first-order chi connectivity index (χ1) is 11.8. The first-order valence-corrected chi connectivity index (χ1v) is 9.27. The number of rotatable bonds is 4. The molecule has 3 rings (SSSR count). The minimum absolute atomic E-state index is 0.218. The van der Waals surface area contributed by atoms with Crippen molar-refractivity contribution in [2.75, 3.05) is 44.4 Å². The molecule has 2 fully saturated rings. The lowest BCUT2D eigenvalue weighted by Gasteiger charge is -2.43. The molecule has 0 saturated carbocycles. The van der Waals surface area contributed by atoms with Crippen LogP contribution in [0, 0.1) is 0 Å². The highest BCUT2D eigenvalue weighted by atomic mass is 32.2. The summed E-state index contributed by atoms with van der Waals surface area (Å²) in [6.07, 6.45) is -2.64. The first-order valence-electron chi connectivity index (χ1n) is 8.11. The predicted octanol–water partition coefficient (Wildman–Crippen LogP) is 1.38. The second-order valence-electron chi connectivity index (χ2n) is 6.37. The number of aromatic nitrogens is 2. The van der Waals surface area contributed by atoms with Gasteiger partial charge in [0, 0.05) is 44.2 Å². The van der Waals surface area contributed by atoms with Crippen LogP contribution in [0.5, 0.6) is 0 Å². The largest absolute Gasteiger partial charge is 0.435 e. The zero-order valence-corrected chi connectivity index (χ0v) is 14.8. The van der Waals surface area contributed by atoms with Crippen LogP contribution < -0.4 is 5.32 Å². The lowest BCUT2D eigenvalue weighted by molar-refractivity contribution is -0.141. The van der Waals surface area contributed by atoms with Gasteiger partial charge in [0.05, 0.1) is 18.8 Å². The molecule has 2 aliphatic heterocycles. The van der Waals surface area contributed by atoms with Gasteiger partial charge in [0.2, 0.25) is 0 Å². The molecule has 1 unspecified atom stereocenters. The van der Waals surface area contributed by atoms with Crippen molar-refractivity contribution < 1.29 is 22.7 Å². The van der Waals surface area contributed by atoms with Crippen LogP contribution in [0.2, 0.25) is 0 Å². The van der Waals surface area contributed by atoms with Gasteiger partial charge < -0.3 is 10.1 Å². The number of nitrogens with one attached hydrogen (secondary N) is 1. The molecule has 3 heterocycles. The molecule has 0 aromatic carbocycles. The van der Waals surface area contributed by atoms with Crippen LogP contribution in [0.15, 0.2) is 6.20 Å². The summed E-state index contributed by atoms with van der Waals surface area (Å²) in [5.41, 5.74) is -1.79. The van der Waals surface area contributed by atoms with Gasteiger partial charge in [-0.05, 0) is 12.2 Å². The van der Waals surface area contributed by atoms with E-state index >= 15 is 0 Å². The molecule has 2 saturated heterocycles. The summed E-state index contributed by atoms with van der Waals surface area (Å²) in [5, 5.41) is 6.11. The van der Waals surface area contributed by atoms with Gasteiger partial charge in [-0.25, -0.2) is 0 Å². The molecule has 10 heteroatoms. The van der Waals surface area contributed by atoms with Gasteiger partial charge in [0.25, 0.3) is 5.91 Å². The van der Waals surface area contributed by atoms with Crippen LogP contribution in [0.4, 0.5) is 13.2 Å². The van der Waals surface area contributed by atoms with Gasteiger partial charge in [0.1, 0.15) is 0 Å². The van der Waals surface area contributed by atoms with E-state index in [1.807, 2.05) is 0 Å². The number of amides is 1. The smallest absolute Gasteiger partial charge is 0.379 e. The maximum atomic E-state index is 13.0. The van der Waals surface area contributed by atoms with Crippen LogP contribution in [0.1, 0.15) is 22.5 Å². The van der Waals surface area contributed by atoms with E-state index in [1.54, 1.807) is 11.8 Å². The second-order valence-corrected chi connectivity index (χ2v) is 7.48. The molecule has 0 radical (unpaired) electrons. The Morgan fingerprint density at radius 3 is 2.76 bits per heavy atom. The standard InChI is InChI=1S/C15H21F3N4O2S/c1-21-8-11(12(20-21)15(16,17)18)13(23)19-9-14(2-7-25-10-14)22-3-5-24-6-4-22/h8H,2-7,9-10H2,1H3,(H,19,23). The average Bonchev–Trinajstić information content (AvgIpc) is 3.20. The number of ether oxygens (including phenoxy) is 1. The molecule has 0 aliphatic carbocycles. The second kappa shape index (κ2) is 7.16. The highest BCUT2D eigenvalue weighted by molar-refractivity contribution is 7.99. The predicted molar refractivity (Wildman–Crippen MR) is 87.6 cm³/mol. The fraction of sp³-hybridized carbons (Fsp3) is 0.733. The van der Waals surface area contributed by atoms with Gasteiger partial charge in [-0.2, -0.15) is 30.0 Å². The van der Waals surface area contributed by atoms with Crippen LogP contribution in [0.25, 0.3) is 0 Å². The Hall–Kier alpha value is -1.26. The molecule has 0 bridgehead atoms. The van der Waals surface area contributed by atoms with Gasteiger partial charge in [-0.15, -0.1) is 0 Å². The van der Waals surface area contributed by atoms with E-state index in [0.717, 1.165) is 41.9 Å². The van der Waals surface area contributed by atoms with E-state index in [0.29, 0.717) is 19.8 Å². The molecule has 25 heavy (non-hydrogen) atoms. The maximum absolute atomic E-state index is 13.0. The molecule has 2 aliphatic rings. The molecule has 1 N–H and O–H groups in total. The van der Waals surface area contributed by atoms with Crippen molar-refractivity contribution in [2.24, 2.45) is 7.05 Å². The third-order valence-corrected chi connectivity index (χ3v) is 5.92. The van der Waals surface area contributed by atoms with E-state index < -0.39 is 23.3 Å². The summed E-state index contributed by atoms with van der Waals surface area (Å²) in [4.78, 5) is 14.7. The minimum Gasteiger partial charge on any atom is -0.379 e. The van der Waals surface area contributed by atoms with Crippen molar-refractivity contribution in [1.82, 2.24) is 20.0 Å². The van der Waals surface area contributed by atoms with E-state index in [9.17, 15) is 18.0 Å². The van der Waals surface area contributed by atoms with Gasteiger partial charge in [0.15, 0.2) is 5.69 Å². The normalized spacial score (nSPS) is 25.3. The Balaban J connectivity index is 1.72. The highest BCUT2D eigenvalue weighted by Crippen LogP contribution is 2.34. The Labute approximate surface area is 148 Å². The number of nitrogens with zero attached hydrogens (tertiary/aromatic N) is 3. The van der Waals surface area contributed by atoms with E-state index in [4.69, 9.17) is 4.74 Å². The number of hydrogen-bond acceptors (Lipinski definition) is 5. The molecule has 0 spiro atoms. The molecule has 1 atom stereocenters. The number of thioether (sulfide) groups is 1. The lowest BCUT2D eigenvalue weighted by Crippen LogP contribution is -2.59. The molecular formula is C15H21F3N4O2S. The quantitative estimate of drug-likeness (QED) is 0.858. The fourth-order valence-corrected chi connectivity index (χ4v) is 4.82. The SMILES string of the molecule is Cn1cc(C(=O)NCC2(N3CCOCC3)CCSC2)c(C(F)(F)F)n1.